The fourth-order valence-corrected chi connectivity index (χ4v) is 2.11. The van der Waals surface area contributed by atoms with Crippen LogP contribution in [0.1, 0.15) is 44.1 Å². The summed E-state index contributed by atoms with van der Waals surface area (Å²) < 4.78 is 5.28. The van der Waals surface area contributed by atoms with Gasteiger partial charge in [-0.2, -0.15) is 4.98 Å². The Morgan fingerprint density at radius 2 is 2.35 bits per heavy atom. The van der Waals surface area contributed by atoms with Gasteiger partial charge in [-0.15, -0.1) is 0 Å². The number of unbranched alkanes of at least 4 members (excludes halogenated alkanes) is 2. The van der Waals surface area contributed by atoms with E-state index in [-0.39, 0.29) is 11.9 Å². The molecule has 0 fully saturated rings. The van der Waals surface area contributed by atoms with Crippen LogP contribution >= 0.6 is 0 Å². The number of nitrogens with two attached hydrogens (primary N) is 1. The molecule has 17 heavy (non-hydrogen) atoms. The van der Waals surface area contributed by atoms with Crippen molar-refractivity contribution in [3.63, 3.8) is 0 Å². The molecule has 94 valence electrons. The third kappa shape index (κ3) is 2.78. The molecule has 0 aliphatic carbocycles. The Bertz CT molecular complexity index is 400. The number of nitrogens with zero attached hydrogens (tertiary/aromatic N) is 2. The van der Waals surface area contributed by atoms with Gasteiger partial charge in [0.05, 0.1) is 12.2 Å². The van der Waals surface area contributed by atoms with E-state index >= 15 is 0 Å². The first-order valence-corrected chi connectivity index (χ1v) is 6.22. The number of nitrogen functional groups attached to an aromatic ring is 1. The number of fused-ring (bicyclic) bond motifs is 1. The van der Waals surface area contributed by atoms with E-state index in [1.54, 1.807) is 0 Å². The van der Waals surface area contributed by atoms with Gasteiger partial charge in [-0.05, 0) is 6.42 Å². The quantitative estimate of drug-likeness (QED) is 0.809. The summed E-state index contributed by atoms with van der Waals surface area (Å²) in [5.74, 6) is 0.955. The molecule has 1 aromatic heterocycles. The first-order valence-electron chi connectivity index (χ1n) is 6.22. The number of rotatable bonds is 4. The molecule has 1 aromatic rings. The molecule has 1 amide bonds. The van der Waals surface area contributed by atoms with Gasteiger partial charge < -0.3 is 15.1 Å². The maximum atomic E-state index is 11.9. The van der Waals surface area contributed by atoms with Crippen molar-refractivity contribution in [3.05, 3.63) is 11.5 Å². The van der Waals surface area contributed by atoms with Gasteiger partial charge in [0, 0.05) is 19.4 Å². The van der Waals surface area contributed by atoms with Crippen molar-refractivity contribution in [1.29, 1.82) is 0 Å². The van der Waals surface area contributed by atoms with Crippen molar-refractivity contribution >= 4 is 11.9 Å². The lowest BCUT2D eigenvalue weighted by Gasteiger charge is -2.25. The van der Waals surface area contributed by atoms with Gasteiger partial charge in [-0.25, -0.2) is 0 Å². The molecule has 1 aliphatic heterocycles. The van der Waals surface area contributed by atoms with Crippen molar-refractivity contribution in [1.82, 2.24) is 9.88 Å². The maximum Gasteiger partial charge on any atom is 0.292 e. The lowest BCUT2D eigenvalue weighted by atomic mass is 10.1. The maximum absolute atomic E-state index is 11.9. The summed E-state index contributed by atoms with van der Waals surface area (Å²) in [6.07, 6.45) is 4.59. The van der Waals surface area contributed by atoms with Crippen LogP contribution in [0.5, 0.6) is 0 Å². The van der Waals surface area contributed by atoms with E-state index in [0.29, 0.717) is 13.0 Å². The van der Waals surface area contributed by atoms with Crippen molar-refractivity contribution in [2.75, 3.05) is 12.3 Å². The number of oxazole rings is 1. The van der Waals surface area contributed by atoms with Crippen LogP contribution in [-0.4, -0.2) is 22.3 Å². The number of carbonyl (C=O) groups is 1. The van der Waals surface area contributed by atoms with Gasteiger partial charge in [0.15, 0.2) is 0 Å². The Hall–Kier alpha value is -1.52. The molecule has 0 atom stereocenters. The molecule has 0 spiro atoms. The molecule has 5 nitrogen and oxygen atoms in total. The molecule has 2 rings (SSSR count). The van der Waals surface area contributed by atoms with E-state index in [4.69, 9.17) is 10.2 Å². The van der Waals surface area contributed by atoms with E-state index in [2.05, 4.69) is 11.9 Å². The van der Waals surface area contributed by atoms with Crippen LogP contribution in [0.3, 0.4) is 0 Å². The second-order valence-electron chi connectivity index (χ2n) is 4.44. The second-order valence-corrected chi connectivity index (χ2v) is 4.44. The van der Waals surface area contributed by atoms with Crippen LogP contribution in [0.15, 0.2) is 4.42 Å². The van der Waals surface area contributed by atoms with Crippen molar-refractivity contribution in [3.8, 4) is 0 Å². The fourth-order valence-electron chi connectivity index (χ4n) is 2.11. The van der Waals surface area contributed by atoms with E-state index in [0.717, 1.165) is 43.7 Å². The van der Waals surface area contributed by atoms with Gasteiger partial charge in [0.1, 0.15) is 5.76 Å². The number of anilines is 1. The van der Waals surface area contributed by atoms with Gasteiger partial charge in [-0.3, -0.25) is 4.79 Å². The first kappa shape index (κ1) is 12.0. The molecule has 0 radical (unpaired) electrons. The summed E-state index contributed by atoms with van der Waals surface area (Å²) in [6, 6.07) is 0.204. The number of carbonyl (C=O) groups excluding carboxylic acids is 1. The highest BCUT2D eigenvalue weighted by molar-refractivity contribution is 5.76. The van der Waals surface area contributed by atoms with Crippen LogP contribution in [0, 0.1) is 0 Å². The molecule has 5 heteroatoms. The number of hydrogen-bond acceptors (Lipinski definition) is 4. The molecule has 0 aromatic carbocycles. The molecule has 1 aliphatic rings. The Balaban J connectivity index is 1.90. The molecule has 0 bridgehead atoms. The summed E-state index contributed by atoms with van der Waals surface area (Å²) in [4.78, 5) is 17.9. The highest BCUT2D eigenvalue weighted by Gasteiger charge is 2.24. The number of amides is 1. The first-order chi connectivity index (χ1) is 8.20. The summed E-state index contributed by atoms with van der Waals surface area (Å²) in [5.41, 5.74) is 6.40. The molecular formula is C12H19N3O2. The predicted octanol–water partition coefficient (Wildman–Crippen LogP) is 1.72. The average molecular weight is 237 g/mol. The predicted molar refractivity (Wildman–Crippen MR) is 64.2 cm³/mol. The zero-order chi connectivity index (χ0) is 12.3. The normalized spacial score (nSPS) is 14.8. The molecule has 2 N–H and O–H groups in total. The average Bonchev–Trinajstić information content (AvgIpc) is 2.68. The summed E-state index contributed by atoms with van der Waals surface area (Å²) in [6.45, 7) is 3.38. The lowest BCUT2D eigenvalue weighted by molar-refractivity contribution is -0.132. The van der Waals surface area contributed by atoms with E-state index < -0.39 is 0 Å². The van der Waals surface area contributed by atoms with E-state index in [1.807, 2.05) is 4.90 Å². The topological polar surface area (TPSA) is 72.4 Å². The summed E-state index contributed by atoms with van der Waals surface area (Å²) >= 11 is 0. The van der Waals surface area contributed by atoms with Crippen LogP contribution in [0.2, 0.25) is 0 Å². The Labute approximate surface area is 101 Å². The Morgan fingerprint density at radius 3 is 3.12 bits per heavy atom. The van der Waals surface area contributed by atoms with Crippen LogP contribution in [-0.2, 0) is 17.8 Å². The van der Waals surface area contributed by atoms with Crippen LogP contribution in [0.25, 0.3) is 0 Å². The zero-order valence-electron chi connectivity index (χ0n) is 10.2. The molecule has 2 heterocycles. The van der Waals surface area contributed by atoms with Crippen LogP contribution < -0.4 is 5.73 Å². The highest BCUT2D eigenvalue weighted by atomic mass is 16.4. The fraction of sp³-hybridized carbons (Fsp3) is 0.667. The summed E-state index contributed by atoms with van der Waals surface area (Å²) in [7, 11) is 0. The molecule has 0 unspecified atom stereocenters. The van der Waals surface area contributed by atoms with Gasteiger partial charge in [0.2, 0.25) is 5.91 Å². The standard InChI is InChI=1S/C12H19N3O2/c1-2-3-4-5-11(16)15-7-6-9-10(8-15)17-12(13)14-9/h2-8H2,1H3,(H2,13,14). The summed E-state index contributed by atoms with van der Waals surface area (Å²) in [5, 5.41) is 0. The van der Waals surface area contributed by atoms with Crippen molar-refractivity contribution < 1.29 is 9.21 Å². The largest absolute Gasteiger partial charge is 0.427 e. The molecule has 0 saturated heterocycles. The third-order valence-electron chi connectivity index (χ3n) is 3.09. The van der Waals surface area contributed by atoms with Crippen molar-refractivity contribution in [2.45, 2.75) is 45.6 Å². The van der Waals surface area contributed by atoms with Crippen molar-refractivity contribution in [2.24, 2.45) is 0 Å². The Kier molecular flexibility index (Phi) is 3.66. The minimum Gasteiger partial charge on any atom is -0.427 e. The second kappa shape index (κ2) is 5.21. The number of aromatic nitrogens is 1. The van der Waals surface area contributed by atoms with E-state index in [1.165, 1.54) is 0 Å². The minimum atomic E-state index is 0.204. The monoisotopic (exact) mass is 237 g/mol. The zero-order valence-corrected chi connectivity index (χ0v) is 10.2. The van der Waals surface area contributed by atoms with Gasteiger partial charge >= 0.3 is 0 Å². The van der Waals surface area contributed by atoms with E-state index in [9.17, 15) is 4.79 Å². The number of hydrogen-bond donors (Lipinski definition) is 1. The van der Waals surface area contributed by atoms with Crippen LogP contribution in [0.4, 0.5) is 6.01 Å². The Morgan fingerprint density at radius 1 is 1.53 bits per heavy atom. The lowest BCUT2D eigenvalue weighted by Crippen LogP contribution is -2.35. The molecule has 0 saturated carbocycles. The minimum absolute atomic E-state index is 0.204. The third-order valence-corrected chi connectivity index (χ3v) is 3.09. The molecular weight excluding hydrogens is 218 g/mol. The highest BCUT2D eigenvalue weighted by Crippen LogP contribution is 2.21. The van der Waals surface area contributed by atoms with Gasteiger partial charge in [-0.1, -0.05) is 19.8 Å². The SMILES string of the molecule is CCCCCC(=O)N1CCc2nc(N)oc2C1. The smallest absolute Gasteiger partial charge is 0.292 e. The van der Waals surface area contributed by atoms with Gasteiger partial charge in [0.25, 0.3) is 6.01 Å².